The summed E-state index contributed by atoms with van der Waals surface area (Å²) in [5.74, 6) is 0.284. The van der Waals surface area contributed by atoms with Crippen molar-refractivity contribution in [2.45, 2.75) is 46.6 Å². The second kappa shape index (κ2) is 9.47. The monoisotopic (exact) mass is 413 g/mol. The van der Waals surface area contributed by atoms with Crippen molar-refractivity contribution in [3.05, 3.63) is 62.9 Å². The molecule has 8 heteroatoms. The van der Waals surface area contributed by atoms with Gasteiger partial charge in [0.25, 0.3) is 0 Å². The summed E-state index contributed by atoms with van der Waals surface area (Å²) in [7, 11) is 0. The maximum Gasteiger partial charge on any atom is 0.306 e. The van der Waals surface area contributed by atoms with Gasteiger partial charge in [-0.1, -0.05) is 22.9 Å². The number of esters is 1. The zero-order chi connectivity index (χ0) is 20.8. The Morgan fingerprint density at radius 1 is 1.17 bits per heavy atom. The van der Waals surface area contributed by atoms with Crippen LogP contribution >= 0.6 is 11.3 Å². The maximum atomic E-state index is 12.2. The smallest absolute Gasteiger partial charge is 0.306 e. The first-order valence-electron chi connectivity index (χ1n) is 9.28. The van der Waals surface area contributed by atoms with Gasteiger partial charge in [-0.05, 0) is 39.3 Å². The number of aryl methyl sites for hydroxylation is 3. The Labute approximate surface area is 173 Å². The highest BCUT2D eigenvalue weighted by atomic mass is 32.1. The van der Waals surface area contributed by atoms with Crippen LogP contribution in [0.4, 0.5) is 5.69 Å². The third kappa shape index (κ3) is 5.99. The van der Waals surface area contributed by atoms with Crippen molar-refractivity contribution in [2.24, 2.45) is 0 Å². The third-order valence-corrected chi connectivity index (χ3v) is 5.29. The molecule has 3 aromatic rings. The molecule has 7 nitrogen and oxygen atoms in total. The number of benzene rings is 1. The molecule has 0 aliphatic rings. The summed E-state index contributed by atoms with van der Waals surface area (Å²) < 4.78 is 10.4. The van der Waals surface area contributed by atoms with Crippen LogP contribution in [0.2, 0.25) is 0 Å². The van der Waals surface area contributed by atoms with Crippen molar-refractivity contribution in [1.29, 1.82) is 0 Å². The SMILES string of the molecule is Cc1ccc(NC(=O)Cc2nc(COC(=O)CCc3c(C)noc3C)cs2)cc1. The van der Waals surface area contributed by atoms with Crippen LogP contribution in [0.15, 0.2) is 34.2 Å². The molecule has 0 spiro atoms. The van der Waals surface area contributed by atoms with E-state index in [2.05, 4.69) is 15.5 Å². The molecule has 0 bridgehead atoms. The van der Waals surface area contributed by atoms with Gasteiger partial charge >= 0.3 is 5.97 Å². The van der Waals surface area contributed by atoms with E-state index in [1.165, 1.54) is 11.3 Å². The Morgan fingerprint density at radius 2 is 1.93 bits per heavy atom. The van der Waals surface area contributed by atoms with E-state index in [0.717, 1.165) is 28.3 Å². The molecule has 0 fully saturated rings. The van der Waals surface area contributed by atoms with Crippen LogP contribution < -0.4 is 5.32 Å². The number of thiazole rings is 1. The van der Waals surface area contributed by atoms with Crippen molar-refractivity contribution in [1.82, 2.24) is 10.1 Å². The molecule has 0 saturated carbocycles. The molecule has 0 unspecified atom stereocenters. The molecule has 29 heavy (non-hydrogen) atoms. The minimum Gasteiger partial charge on any atom is -0.459 e. The second-order valence-corrected chi connectivity index (χ2v) is 7.73. The van der Waals surface area contributed by atoms with Crippen molar-refractivity contribution in [2.75, 3.05) is 5.32 Å². The summed E-state index contributed by atoms with van der Waals surface area (Å²) in [6.45, 7) is 5.76. The molecule has 3 rings (SSSR count). The maximum absolute atomic E-state index is 12.2. The molecule has 0 atom stereocenters. The zero-order valence-corrected chi connectivity index (χ0v) is 17.5. The van der Waals surface area contributed by atoms with Crippen molar-refractivity contribution in [3.8, 4) is 0 Å². The molecule has 0 radical (unpaired) electrons. The van der Waals surface area contributed by atoms with E-state index in [4.69, 9.17) is 9.26 Å². The van der Waals surface area contributed by atoms with E-state index >= 15 is 0 Å². The van der Waals surface area contributed by atoms with Crippen LogP contribution in [0.25, 0.3) is 0 Å². The van der Waals surface area contributed by atoms with Gasteiger partial charge in [0.05, 0.1) is 17.8 Å². The van der Waals surface area contributed by atoms with Crippen LogP contribution in [-0.4, -0.2) is 22.0 Å². The van der Waals surface area contributed by atoms with Crippen molar-refractivity contribution < 1.29 is 18.8 Å². The summed E-state index contributed by atoms with van der Waals surface area (Å²) in [5, 5.41) is 9.20. The standard InChI is InChI=1S/C21H23N3O4S/c1-13-4-6-16(7-5-13)22-19(25)10-20-23-17(12-29-20)11-27-21(26)9-8-18-14(2)24-28-15(18)3/h4-7,12H,8-11H2,1-3H3,(H,22,25). The van der Waals surface area contributed by atoms with Gasteiger partial charge in [0, 0.05) is 23.1 Å². The molecule has 1 aromatic carbocycles. The minimum absolute atomic E-state index is 0.0938. The number of hydrogen-bond donors (Lipinski definition) is 1. The van der Waals surface area contributed by atoms with E-state index in [9.17, 15) is 9.59 Å². The average molecular weight is 413 g/mol. The van der Waals surface area contributed by atoms with Gasteiger partial charge in [0.2, 0.25) is 5.91 Å². The molecule has 152 valence electrons. The van der Waals surface area contributed by atoms with Gasteiger partial charge in [0.1, 0.15) is 17.4 Å². The number of carbonyl (C=O) groups is 2. The van der Waals surface area contributed by atoms with Crippen LogP contribution in [-0.2, 0) is 33.8 Å². The lowest BCUT2D eigenvalue weighted by atomic mass is 10.1. The first-order chi connectivity index (χ1) is 13.9. The number of hydrogen-bond acceptors (Lipinski definition) is 7. The summed E-state index contributed by atoms with van der Waals surface area (Å²) >= 11 is 1.37. The fourth-order valence-corrected chi connectivity index (χ4v) is 3.57. The van der Waals surface area contributed by atoms with Crippen LogP contribution in [0, 0.1) is 20.8 Å². The van der Waals surface area contributed by atoms with E-state index in [0.29, 0.717) is 17.1 Å². The molecule has 2 aromatic heterocycles. The lowest BCUT2D eigenvalue weighted by Crippen LogP contribution is -2.14. The number of carbonyl (C=O) groups excluding carboxylic acids is 2. The predicted octanol–water partition coefficient (Wildman–Crippen LogP) is 3.91. The first kappa shape index (κ1) is 20.7. The number of rotatable bonds is 8. The topological polar surface area (TPSA) is 94.3 Å². The Hall–Kier alpha value is -3.00. The molecule has 0 saturated heterocycles. The number of aromatic nitrogens is 2. The lowest BCUT2D eigenvalue weighted by Gasteiger charge is -2.04. The van der Waals surface area contributed by atoms with Gasteiger partial charge in [-0.25, -0.2) is 4.98 Å². The van der Waals surface area contributed by atoms with Gasteiger partial charge in [0.15, 0.2) is 0 Å². The summed E-state index contributed by atoms with van der Waals surface area (Å²) in [4.78, 5) is 28.5. The molecule has 0 aliphatic carbocycles. The fraction of sp³-hybridized carbons (Fsp3) is 0.333. The number of amides is 1. The van der Waals surface area contributed by atoms with Gasteiger partial charge in [-0.15, -0.1) is 11.3 Å². The number of nitrogens with zero attached hydrogens (tertiary/aromatic N) is 2. The van der Waals surface area contributed by atoms with E-state index < -0.39 is 0 Å². The first-order valence-corrected chi connectivity index (χ1v) is 10.2. The lowest BCUT2D eigenvalue weighted by molar-refractivity contribution is -0.145. The molecule has 0 aliphatic heterocycles. The number of ether oxygens (including phenoxy) is 1. The summed E-state index contributed by atoms with van der Waals surface area (Å²) in [6, 6.07) is 7.61. The van der Waals surface area contributed by atoms with Crippen LogP contribution in [0.1, 0.15) is 39.7 Å². The number of anilines is 1. The highest BCUT2D eigenvalue weighted by molar-refractivity contribution is 7.09. The van der Waals surface area contributed by atoms with E-state index in [-0.39, 0.29) is 31.3 Å². The Bertz CT molecular complexity index is 972. The quantitative estimate of drug-likeness (QED) is 0.563. The van der Waals surface area contributed by atoms with Crippen LogP contribution in [0.5, 0.6) is 0 Å². The van der Waals surface area contributed by atoms with Gasteiger partial charge in [-0.2, -0.15) is 0 Å². The number of nitrogens with one attached hydrogen (secondary N) is 1. The Morgan fingerprint density at radius 3 is 2.62 bits per heavy atom. The minimum atomic E-state index is -0.309. The molecule has 1 N–H and O–H groups in total. The highest BCUT2D eigenvalue weighted by Crippen LogP contribution is 2.16. The highest BCUT2D eigenvalue weighted by Gasteiger charge is 2.13. The van der Waals surface area contributed by atoms with Crippen molar-refractivity contribution >= 4 is 28.9 Å². The summed E-state index contributed by atoms with van der Waals surface area (Å²) in [5.41, 5.74) is 4.26. The van der Waals surface area contributed by atoms with E-state index in [1.807, 2.05) is 45.0 Å². The van der Waals surface area contributed by atoms with E-state index in [1.54, 1.807) is 5.38 Å². The van der Waals surface area contributed by atoms with Gasteiger partial charge < -0.3 is 14.6 Å². The second-order valence-electron chi connectivity index (χ2n) is 6.79. The van der Waals surface area contributed by atoms with Crippen LogP contribution in [0.3, 0.4) is 0 Å². The Balaban J connectivity index is 1.43. The third-order valence-electron chi connectivity index (χ3n) is 4.39. The van der Waals surface area contributed by atoms with Crippen molar-refractivity contribution in [3.63, 3.8) is 0 Å². The predicted molar refractivity (Wildman–Crippen MR) is 110 cm³/mol. The normalized spacial score (nSPS) is 10.7. The molecular weight excluding hydrogens is 390 g/mol. The zero-order valence-electron chi connectivity index (χ0n) is 16.7. The molecular formula is C21H23N3O4S. The van der Waals surface area contributed by atoms with Gasteiger partial charge in [-0.3, -0.25) is 9.59 Å². The summed E-state index contributed by atoms with van der Waals surface area (Å²) in [6.07, 6.45) is 0.957. The Kier molecular flexibility index (Phi) is 6.77. The molecule has 2 heterocycles. The molecule has 1 amide bonds. The largest absolute Gasteiger partial charge is 0.459 e. The average Bonchev–Trinajstić information content (AvgIpc) is 3.26. The fourth-order valence-electron chi connectivity index (χ4n) is 2.79.